The van der Waals surface area contributed by atoms with Gasteiger partial charge in [-0.3, -0.25) is 9.59 Å². The fourth-order valence-electron chi connectivity index (χ4n) is 1.37. The zero-order valence-electron chi connectivity index (χ0n) is 10.7. The molecule has 1 aromatic rings. The quantitative estimate of drug-likeness (QED) is 0.541. The molecule has 0 saturated heterocycles. The predicted molar refractivity (Wildman–Crippen MR) is 79.0 cm³/mol. The fourth-order valence-corrected chi connectivity index (χ4v) is 2.96. The van der Waals surface area contributed by atoms with Crippen LogP contribution in [-0.2, 0) is 20.8 Å². The predicted octanol–water partition coefficient (Wildman–Crippen LogP) is 0.339. The molecule has 110 valence electrons. The summed E-state index contributed by atoms with van der Waals surface area (Å²) in [5, 5.41) is 15.7. The van der Waals surface area contributed by atoms with Crippen molar-refractivity contribution < 1.29 is 19.5 Å². The average molecular weight is 316 g/mol. The summed E-state index contributed by atoms with van der Waals surface area (Å²) in [5.74, 6) is -0.911. The van der Waals surface area contributed by atoms with Crippen LogP contribution in [0, 0.1) is 0 Å². The summed E-state index contributed by atoms with van der Waals surface area (Å²) in [7, 11) is 0. The van der Waals surface area contributed by atoms with Crippen molar-refractivity contribution in [2.24, 2.45) is 0 Å². The number of thioether (sulfide) groups is 1. The van der Waals surface area contributed by atoms with Gasteiger partial charge in [0.2, 0.25) is 12.3 Å². The monoisotopic (exact) mass is 316 g/mol. The van der Waals surface area contributed by atoms with Crippen LogP contribution in [0.15, 0.2) is 17.5 Å². The van der Waals surface area contributed by atoms with Crippen LogP contribution in [-0.4, -0.2) is 47.5 Å². The zero-order chi connectivity index (χ0) is 14.8. The van der Waals surface area contributed by atoms with Crippen LogP contribution in [0.4, 0.5) is 0 Å². The Hall–Kier alpha value is -1.54. The molecule has 1 atom stereocenters. The molecule has 1 heterocycles. The number of carbonyl (C=O) groups excluding carboxylic acids is 2. The third-order valence-electron chi connectivity index (χ3n) is 2.36. The van der Waals surface area contributed by atoms with Gasteiger partial charge < -0.3 is 15.7 Å². The average Bonchev–Trinajstić information content (AvgIpc) is 2.90. The maximum Gasteiger partial charge on any atom is 0.327 e. The van der Waals surface area contributed by atoms with Crippen LogP contribution < -0.4 is 10.6 Å². The number of carbonyl (C=O) groups is 3. The molecule has 0 spiro atoms. The summed E-state index contributed by atoms with van der Waals surface area (Å²) in [5.41, 5.74) is 0. The van der Waals surface area contributed by atoms with Crippen molar-refractivity contribution in [1.82, 2.24) is 10.6 Å². The molecule has 0 aliphatic heterocycles. The van der Waals surface area contributed by atoms with E-state index in [-0.39, 0.29) is 17.4 Å². The summed E-state index contributed by atoms with van der Waals surface area (Å²) in [6.45, 7) is 0.564. The number of aliphatic carboxylic acids is 1. The molecule has 0 radical (unpaired) electrons. The molecule has 6 nitrogen and oxygen atoms in total. The summed E-state index contributed by atoms with van der Waals surface area (Å²) < 4.78 is 0. The van der Waals surface area contributed by atoms with Crippen LogP contribution in [0.2, 0.25) is 0 Å². The van der Waals surface area contributed by atoms with Crippen molar-refractivity contribution in [1.29, 1.82) is 0 Å². The highest BCUT2D eigenvalue weighted by atomic mass is 32.2. The molecule has 1 rings (SSSR count). The minimum absolute atomic E-state index is 0.137. The van der Waals surface area contributed by atoms with Gasteiger partial charge in [0.05, 0.1) is 5.75 Å². The molecule has 0 bridgehead atoms. The number of carboxylic acids is 1. The molecule has 2 amide bonds. The lowest BCUT2D eigenvalue weighted by Crippen LogP contribution is -2.38. The maximum atomic E-state index is 11.5. The Labute approximate surface area is 124 Å². The Bertz CT molecular complexity index is 437. The van der Waals surface area contributed by atoms with Gasteiger partial charge in [0.25, 0.3) is 0 Å². The largest absolute Gasteiger partial charge is 0.480 e. The van der Waals surface area contributed by atoms with E-state index >= 15 is 0 Å². The normalized spacial score (nSPS) is 11.6. The van der Waals surface area contributed by atoms with E-state index in [0.29, 0.717) is 13.0 Å². The maximum absolute atomic E-state index is 11.5. The molecule has 0 fully saturated rings. The van der Waals surface area contributed by atoms with E-state index in [1.807, 2.05) is 17.5 Å². The Morgan fingerprint density at radius 1 is 1.50 bits per heavy atom. The first-order valence-corrected chi connectivity index (χ1v) is 7.96. The molecule has 8 heteroatoms. The van der Waals surface area contributed by atoms with Gasteiger partial charge in [0, 0.05) is 17.2 Å². The fraction of sp³-hybridized carbons (Fsp3) is 0.417. The van der Waals surface area contributed by atoms with Crippen molar-refractivity contribution in [3.05, 3.63) is 22.4 Å². The number of carboxylic acid groups (broad SMARTS) is 1. The highest BCUT2D eigenvalue weighted by molar-refractivity contribution is 8.00. The van der Waals surface area contributed by atoms with Gasteiger partial charge >= 0.3 is 5.97 Å². The van der Waals surface area contributed by atoms with Gasteiger partial charge in [-0.2, -0.15) is 0 Å². The number of thiophene rings is 1. The van der Waals surface area contributed by atoms with Crippen LogP contribution in [0.3, 0.4) is 0 Å². The Balaban J connectivity index is 2.12. The highest BCUT2D eigenvalue weighted by Gasteiger charge is 2.16. The van der Waals surface area contributed by atoms with Gasteiger partial charge in [-0.1, -0.05) is 6.07 Å². The van der Waals surface area contributed by atoms with Gasteiger partial charge in [0.15, 0.2) is 0 Å². The van der Waals surface area contributed by atoms with Gasteiger partial charge in [-0.15, -0.1) is 23.1 Å². The molecule has 0 saturated carbocycles. The molecular formula is C12H16N2O4S2. The Morgan fingerprint density at radius 3 is 2.90 bits per heavy atom. The first kappa shape index (κ1) is 16.5. The van der Waals surface area contributed by atoms with E-state index in [4.69, 9.17) is 5.11 Å². The molecule has 3 N–H and O–H groups in total. The van der Waals surface area contributed by atoms with Crippen molar-refractivity contribution >= 4 is 41.4 Å². The molecular weight excluding hydrogens is 300 g/mol. The smallest absolute Gasteiger partial charge is 0.327 e. The van der Waals surface area contributed by atoms with Crippen molar-refractivity contribution in [2.75, 3.05) is 18.1 Å². The number of hydrogen-bond acceptors (Lipinski definition) is 5. The summed E-state index contributed by atoms with van der Waals surface area (Å²) in [6.07, 6.45) is 1.14. The van der Waals surface area contributed by atoms with E-state index in [0.717, 1.165) is 6.42 Å². The number of amides is 2. The van der Waals surface area contributed by atoms with Gasteiger partial charge in [-0.25, -0.2) is 4.79 Å². The minimum Gasteiger partial charge on any atom is -0.480 e. The first-order valence-electron chi connectivity index (χ1n) is 5.93. The van der Waals surface area contributed by atoms with Crippen LogP contribution >= 0.6 is 23.1 Å². The van der Waals surface area contributed by atoms with Gasteiger partial charge in [-0.05, 0) is 17.9 Å². The Morgan fingerprint density at radius 2 is 2.30 bits per heavy atom. The lowest BCUT2D eigenvalue weighted by Gasteiger charge is -2.10. The number of nitrogens with one attached hydrogen (secondary N) is 2. The van der Waals surface area contributed by atoms with Crippen LogP contribution in [0.25, 0.3) is 0 Å². The zero-order valence-corrected chi connectivity index (χ0v) is 12.3. The third-order valence-corrected chi connectivity index (χ3v) is 4.33. The Kier molecular flexibility index (Phi) is 7.74. The number of hydrogen-bond donors (Lipinski definition) is 3. The van der Waals surface area contributed by atoms with Crippen molar-refractivity contribution in [2.45, 2.75) is 12.5 Å². The van der Waals surface area contributed by atoms with E-state index in [1.165, 1.54) is 16.6 Å². The number of rotatable bonds is 10. The third kappa shape index (κ3) is 6.58. The summed E-state index contributed by atoms with van der Waals surface area (Å²) in [4.78, 5) is 33.7. The van der Waals surface area contributed by atoms with E-state index < -0.39 is 12.0 Å². The summed E-state index contributed by atoms with van der Waals surface area (Å²) >= 11 is 2.82. The molecule has 0 aromatic carbocycles. The SMILES string of the molecule is O=CNC(CSCC(=O)NCCc1cccs1)C(=O)O. The lowest BCUT2D eigenvalue weighted by atomic mass is 10.3. The van der Waals surface area contributed by atoms with E-state index in [1.54, 1.807) is 11.3 Å². The molecule has 0 aliphatic carbocycles. The van der Waals surface area contributed by atoms with Crippen LogP contribution in [0.1, 0.15) is 4.88 Å². The highest BCUT2D eigenvalue weighted by Crippen LogP contribution is 2.08. The molecule has 0 aliphatic rings. The van der Waals surface area contributed by atoms with Gasteiger partial charge in [0.1, 0.15) is 6.04 Å². The molecule has 1 aromatic heterocycles. The van der Waals surface area contributed by atoms with Crippen molar-refractivity contribution in [3.63, 3.8) is 0 Å². The first-order chi connectivity index (χ1) is 9.63. The second kappa shape index (κ2) is 9.38. The second-order valence-electron chi connectivity index (χ2n) is 3.87. The van der Waals surface area contributed by atoms with E-state index in [2.05, 4.69) is 10.6 Å². The van der Waals surface area contributed by atoms with Crippen LogP contribution in [0.5, 0.6) is 0 Å². The second-order valence-corrected chi connectivity index (χ2v) is 5.93. The standard InChI is InChI=1S/C12H16N2O4S2/c15-8-14-10(12(17)18)6-19-7-11(16)13-4-3-9-2-1-5-20-9/h1-2,5,8,10H,3-4,6-7H2,(H,13,16)(H,14,15)(H,17,18). The van der Waals surface area contributed by atoms with E-state index in [9.17, 15) is 14.4 Å². The summed E-state index contributed by atoms with van der Waals surface area (Å²) in [6, 6.07) is 3.01. The molecule has 20 heavy (non-hydrogen) atoms. The van der Waals surface area contributed by atoms with Crippen molar-refractivity contribution in [3.8, 4) is 0 Å². The topological polar surface area (TPSA) is 95.5 Å². The molecule has 1 unspecified atom stereocenters. The minimum atomic E-state index is -1.11. The lowest BCUT2D eigenvalue weighted by molar-refractivity contribution is -0.139.